The van der Waals surface area contributed by atoms with Gasteiger partial charge in [-0.3, -0.25) is 10.3 Å². The van der Waals surface area contributed by atoms with Crippen LogP contribution in [-0.2, 0) is 6.54 Å². The van der Waals surface area contributed by atoms with Crippen LogP contribution in [0.15, 0.2) is 24.3 Å². The minimum absolute atomic E-state index is 0.154. The molecule has 4 heteroatoms. The summed E-state index contributed by atoms with van der Waals surface area (Å²) in [4.78, 5) is 4.35. The van der Waals surface area contributed by atoms with Crippen LogP contribution in [-0.4, -0.2) is 28.5 Å². The molecule has 104 valence electrons. The average Bonchev–Trinajstić information content (AvgIpc) is 2.72. The van der Waals surface area contributed by atoms with Gasteiger partial charge in [0, 0.05) is 18.6 Å². The SMILES string of the molecule is CCC1c2ccccc2CN1CN(C(=N)N)C(C)C. The lowest BCUT2D eigenvalue weighted by molar-refractivity contribution is 0.123. The highest BCUT2D eigenvalue weighted by atomic mass is 15.4. The van der Waals surface area contributed by atoms with Crippen molar-refractivity contribution in [1.29, 1.82) is 5.41 Å². The zero-order valence-electron chi connectivity index (χ0n) is 12.1. The molecule has 1 heterocycles. The number of nitrogens with two attached hydrogens (primary N) is 1. The van der Waals surface area contributed by atoms with E-state index in [1.165, 1.54) is 11.1 Å². The summed E-state index contributed by atoms with van der Waals surface area (Å²) < 4.78 is 0. The molecule has 0 aliphatic carbocycles. The van der Waals surface area contributed by atoms with Crippen molar-refractivity contribution in [3.63, 3.8) is 0 Å². The van der Waals surface area contributed by atoms with Crippen LogP contribution in [0.4, 0.5) is 0 Å². The largest absolute Gasteiger partial charge is 0.370 e. The zero-order valence-corrected chi connectivity index (χ0v) is 12.1. The third-order valence-electron chi connectivity index (χ3n) is 3.88. The number of fused-ring (bicyclic) bond motifs is 1. The molecule has 19 heavy (non-hydrogen) atoms. The predicted octanol–water partition coefficient (Wildman–Crippen LogP) is 2.51. The Labute approximate surface area is 115 Å². The first kappa shape index (κ1) is 13.9. The highest BCUT2D eigenvalue weighted by Crippen LogP contribution is 2.35. The van der Waals surface area contributed by atoms with E-state index >= 15 is 0 Å². The normalized spacial score (nSPS) is 18.6. The van der Waals surface area contributed by atoms with Gasteiger partial charge in [-0.1, -0.05) is 31.2 Å². The lowest BCUT2D eigenvalue weighted by Gasteiger charge is -2.34. The monoisotopic (exact) mass is 260 g/mol. The molecule has 1 aliphatic rings. The number of hydrogen-bond donors (Lipinski definition) is 2. The lowest BCUT2D eigenvalue weighted by atomic mass is 10.0. The molecule has 0 bridgehead atoms. The van der Waals surface area contributed by atoms with Crippen molar-refractivity contribution in [3.8, 4) is 0 Å². The second kappa shape index (κ2) is 5.61. The first-order valence-corrected chi connectivity index (χ1v) is 6.97. The molecule has 2 rings (SSSR count). The third kappa shape index (κ3) is 2.73. The summed E-state index contributed by atoms with van der Waals surface area (Å²) in [5, 5.41) is 7.71. The van der Waals surface area contributed by atoms with Gasteiger partial charge in [0.15, 0.2) is 5.96 Å². The maximum Gasteiger partial charge on any atom is 0.189 e. The van der Waals surface area contributed by atoms with Crippen molar-refractivity contribution < 1.29 is 0 Å². The number of benzene rings is 1. The Balaban J connectivity index is 2.17. The van der Waals surface area contributed by atoms with Crippen LogP contribution in [0, 0.1) is 5.41 Å². The van der Waals surface area contributed by atoms with E-state index in [4.69, 9.17) is 11.1 Å². The summed E-state index contributed by atoms with van der Waals surface area (Å²) in [6.07, 6.45) is 1.08. The minimum atomic E-state index is 0.154. The number of nitrogens with one attached hydrogen (secondary N) is 1. The van der Waals surface area contributed by atoms with Gasteiger partial charge in [-0.15, -0.1) is 0 Å². The van der Waals surface area contributed by atoms with Gasteiger partial charge >= 0.3 is 0 Å². The van der Waals surface area contributed by atoms with Crippen LogP contribution < -0.4 is 5.73 Å². The van der Waals surface area contributed by atoms with E-state index in [-0.39, 0.29) is 12.0 Å². The maximum atomic E-state index is 7.71. The molecule has 1 aliphatic heterocycles. The van der Waals surface area contributed by atoms with E-state index in [1.54, 1.807) is 0 Å². The van der Waals surface area contributed by atoms with E-state index < -0.39 is 0 Å². The molecule has 1 aromatic rings. The molecule has 1 unspecified atom stereocenters. The molecule has 0 fully saturated rings. The zero-order chi connectivity index (χ0) is 14.0. The van der Waals surface area contributed by atoms with Gasteiger partial charge in [-0.05, 0) is 31.4 Å². The first-order chi connectivity index (χ1) is 9.04. The molecule has 0 aromatic heterocycles. The first-order valence-electron chi connectivity index (χ1n) is 6.97. The molecule has 1 atom stereocenters. The van der Waals surface area contributed by atoms with Crippen molar-refractivity contribution >= 4 is 5.96 Å². The fourth-order valence-corrected chi connectivity index (χ4v) is 2.87. The number of rotatable bonds is 4. The van der Waals surface area contributed by atoms with E-state index in [2.05, 4.69) is 49.9 Å². The van der Waals surface area contributed by atoms with Crippen LogP contribution >= 0.6 is 0 Å². The topological polar surface area (TPSA) is 56.4 Å². The van der Waals surface area contributed by atoms with Crippen molar-refractivity contribution in [2.24, 2.45) is 5.73 Å². The second-order valence-electron chi connectivity index (χ2n) is 5.46. The van der Waals surface area contributed by atoms with Crippen molar-refractivity contribution in [1.82, 2.24) is 9.80 Å². The second-order valence-corrected chi connectivity index (χ2v) is 5.46. The Bertz CT molecular complexity index is 455. The fraction of sp³-hybridized carbons (Fsp3) is 0.533. The molecule has 0 spiro atoms. The minimum Gasteiger partial charge on any atom is -0.370 e. The van der Waals surface area contributed by atoms with Crippen LogP contribution in [0.1, 0.15) is 44.4 Å². The van der Waals surface area contributed by atoms with Crippen LogP contribution in [0.2, 0.25) is 0 Å². The van der Waals surface area contributed by atoms with Crippen LogP contribution in [0.25, 0.3) is 0 Å². The molecule has 0 saturated carbocycles. The summed E-state index contributed by atoms with van der Waals surface area (Å²) in [6.45, 7) is 8.04. The number of guanidine groups is 1. The number of nitrogens with zero attached hydrogens (tertiary/aromatic N) is 2. The standard InChI is InChI=1S/C15H24N4/c1-4-14-13-8-6-5-7-12(13)9-18(14)10-19(11(2)3)15(16)17/h5-8,11,14H,4,9-10H2,1-3H3,(H3,16,17). The van der Waals surface area contributed by atoms with Gasteiger partial charge in [0.2, 0.25) is 0 Å². The summed E-state index contributed by atoms with van der Waals surface area (Å²) in [5.74, 6) is 0.154. The van der Waals surface area contributed by atoms with Crippen molar-refractivity contribution in [2.75, 3.05) is 6.67 Å². The molecule has 4 nitrogen and oxygen atoms in total. The smallest absolute Gasteiger partial charge is 0.189 e. The van der Waals surface area contributed by atoms with Gasteiger partial charge in [0.05, 0.1) is 6.67 Å². The quantitative estimate of drug-likeness (QED) is 0.646. The predicted molar refractivity (Wildman–Crippen MR) is 78.8 cm³/mol. The van der Waals surface area contributed by atoms with Gasteiger partial charge in [-0.25, -0.2) is 0 Å². The molecule has 0 amide bonds. The van der Waals surface area contributed by atoms with Crippen LogP contribution in [0.3, 0.4) is 0 Å². The van der Waals surface area contributed by atoms with E-state index in [0.29, 0.717) is 6.04 Å². The Morgan fingerprint density at radius 1 is 1.47 bits per heavy atom. The third-order valence-corrected chi connectivity index (χ3v) is 3.88. The van der Waals surface area contributed by atoms with Crippen molar-refractivity contribution in [2.45, 2.75) is 45.8 Å². The van der Waals surface area contributed by atoms with E-state index in [9.17, 15) is 0 Å². The van der Waals surface area contributed by atoms with Crippen LogP contribution in [0.5, 0.6) is 0 Å². The summed E-state index contributed by atoms with van der Waals surface area (Å²) >= 11 is 0. The molecule has 0 radical (unpaired) electrons. The van der Waals surface area contributed by atoms with Gasteiger partial charge < -0.3 is 10.6 Å². The molecular formula is C15H24N4. The Morgan fingerprint density at radius 3 is 2.74 bits per heavy atom. The van der Waals surface area contributed by atoms with Gasteiger partial charge in [0.1, 0.15) is 0 Å². The molecule has 1 aromatic carbocycles. The Morgan fingerprint density at radius 2 is 2.16 bits per heavy atom. The summed E-state index contributed by atoms with van der Waals surface area (Å²) in [6, 6.07) is 9.31. The van der Waals surface area contributed by atoms with E-state index in [1.807, 2.05) is 4.90 Å². The van der Waals surface area contributed by atoms with Gasteiger partial charge in [0.25, 0.3) is 0 Å². The Kier molecular flexibility index (Phi) is 4.10. The lowest BCUT2D eigenvalue weighted by Crippen LogP contribution is -2.47. The Hall–Kier alpha value is -1.55. The highest BCUT2D eigenvalue weighted by Gasteiger charge is 2.30. The van der Waals surface area contributed by atoms with E-state index in [0.717, 1.165) is 19.6 Å². The number of hydrogen-bond acceptors (Lipinski definition) is 2. The molecule has 3 N–H and O–H groups in total. The molecule has 0 saturated heterocycles. The average molecular weight is 260 g/mol. The molecular weight excluding hydrogens is 236 g/mol. The summed E-state index contributed by atoms with van der Waals surface area (Å²) in [5.41, 5.74) is 8.52. The summed E-state index contributed by atoms with van der Waals surface area (Å²) in [7, 11) is 0. The van der Waals surface area contributed by atoms with Gasteiger partial charge in [-0.2, -0.15) is 0 Å². The fourth-order valence-electron chi connectivity index (χ4n) is 2.87. The highest BCUT2D eigenvalue weighted by molar-refractivity contribution is 5.74. The maximum absolute atomic E-state index is 7.71. The van der Waals surface area contributed by atoms with Crippen molar-refractivity contribution in [3.05, 3.63) is 35.4 Å².